The Balaban J connectivity index is 2.30. The maximum atomic E-state index is 10.8. The number of phenols is 1. The highest BCUT2D eigenvalue weighted by Gasteiger charge is 2.08. The molecule has 0 saturated carbocycles. The lowest BCUT2D eigenvalue weighted by molar-refractivity contribution is 0.0697. The predicted octanol–water partition coefficient (Wildman–Crippen LogP) is 1.93. The molecule has 0 fully saturated rings. The minimum atomic E-state index is -1.06. The molecule has 0 aliphatic heterocycles. The zero-order valence-electron chi connectivity index (χ0n) is 9.58. The Morgan fingerprint density at radius 3 is 2.61 bits per heavy atom. The van der Waals surface area contributed by atoms with Crippen molar-refractivity contribution in [3.05, 3.63) is 41.6 Å². The summed E-state index contributed by atoms with van der Waals surface area (Å²) >= 11 is 0. The molecular formula is C12H11N3O3. The van der Waals surface area contributed by atoms with Gasteiger partial charge in [0.25, 0.3) is 0 Å². The van der Waals surface area contributed by atoms with E-state index in [1.165, 1.54) is 18.2 Å². The Labute approximate surface area is 103 Å². The van der Waals surface area contributed by atoms with E-state index in [0.717, 1.165) is 5.69 Å². The predicted molar refractivity (Wildman–Crippen MR) is 65.1 cm³/mol. The van der Waals surface area contributed by atoms with Crippen LogP contribution in [0.3, 0.4) is 0 Å². The second-order valence-electron chi connectivity index (χ2n) is 3.72. The number of nitrogens with zero attached hydrogens (tertiary/aromatic N) is 2. The SMILES string of the molecule is Cc1ccc(Nc2cc(C(=O)O)ccc2O)nn1. The van der Waals surface area contributed by atoms with Crippen LogP contribution < -0.4 is 5.32 Å². The fourth-order valence-electron chi connectivity index (χ4n) is 1.37. The highest BCUT2D eigenvalue weighted by molar-refractivity contribution is 5.89. The number of aryl methyl sites for hydroxylation is 1. The number of aromatic hydroxyl groups is 1. The quantitative estimate of drug-likeness (QED) is 0.715. The van der Waals surface area contributed by atoms with Crippen molar-refractivity contribution < 1.29 is 15.0 Å². The first-order valence-electron chi connectivity index (χ1n) is 5.20. The van der Waals surface area contributed by atoms with Crippen LogP contribution >= 0.6 is 0 Å². The molecule has 0 amide bonds. The zero-order chi connectivity index (χ0) is 13.1. The van der Waals surface area contributed by atoms with Crippen molar-refractivity contribution in [3.8, 4) is 5.75 Å². The molecule has 0 radical (unpaired) electrons. The summed E-state index contributed by atoms with van der Waals surface area (Å²) in [6.45, 7) is 1.80. The van der Waals surface area contributed by atoms with Gasteiger partial charge in [0.1, 0.15) is 5.75 Å². The van der Waals surface area contributed by atoms with E-state index in [2.05, 4.69) is 15.5 Å². The third kappa shape index (κ3) is 2.54. The fraction of sp³-hybridized carbons (Fsp3) is 0.0833. The van der Waals surface area contributed by atoms with E-state index >= 15 is 0 Å². The Kier molecular flexibility index (Phi) is 3.09. The van der Waals surface area contributed by atoms with Gasteiger partial charge in [-0.15, -0.1) is 5.10 Å². The van der Waals surface area contributed by atoms with Gasteiger partial charge >= 0.3 is 5.97 Å². The number of benzene rings is 1. The Morgan fingerprint density at radius 1 is 1.22 bits per heavy atom. The number of aromatic nitrogens is 2. The van der Waals surface area contributed by atoms with Crippen molar-refractivity contribution in [3.63, 3.8) is 0 Å². The molecule has 0 unspecified atom stereocenters. The van der Waals surface area contributed by atoms with E-state index < -0.39 is 5.97 Å². The van der Waals surface area contributed by atoms with Crippen LogP contribution in [0.5, 0.6) is 5.75 Å². The van der Waals surface area contributed by atoms with Crippen LogP contribution in [0.15, 0.2) is 30.3 Å². The van der Waals surface area contributed by atoms with E-state index in [0.29, 0.717) is 5.82 Å². The highest BCUT2D eigenvalue weighted by Crippen LogP contribution is 2.26. The van der Waals surface area contributed by atoms with Crippen molar-refractivity contribution in [1.82, 2.24) is 10.2 Å². The Hall–Kier alpha value is -2.63. The van der Waals surface area contributed by atoms with Crippen molar-refractivity contribution >= 4 is 17.5 Å². The number of phenolic OH excluding ortho intramolecular Hbond substituents is 1. The van der Waals surface area contributed by atoms with Crippen molar-refractivity contribution in [1.29, 1.82) is 0 Å². The average molecular weight is 245 g/mol. The summed E-state index contributed by atoms with van der Waals surface area (Å²) in [5, 5.41) is 29.0. The Bertz CT molecular complexity index is 582. The smallest absolute Gasteiger partial charge is 0.335 e. The summed E-state index contributed by atoms with van der Waals surface area (Å²) in [7, 11) is 0. The van der Waals surface area contributed by atoms with Gasteiger partial charge in [-0.05, 0) is 37.3 Å². The molecule has 18 heavy (non-hydrogen) atoms. The number of rotatable bonds is 3. The Morgan fingerprint density at radius 2 is 2.00 bits per heavy atom. The van der Waals surface area contributed by atoms with Gasteiger partial charge in [-0.1, -0.05) is 0 Å². The first-order valence-corrected chi connectivity index (χ1v) is 5.20. The summed E-state index contributed by atoms with van der Waals surface area (Å²) in [5.74, 6) is -0.686. The van der Waals surface area contributed by atoms with Crippen LogP contribution in [0, 0.1) is 6.92 Å². The summed E-state index contributed by atoms with van der Waals surface area (Å²) in [4.78, 5) is 10.8. The number of anilines is 2. The first-order chi connectivity index (χ1) is 8.56. The van der Waals surface area contributed by atoms with Crippen LogP contribution in [0.2, 0.25) is 0 Å². The molecule has 1 heterocycles. The second kappa shape index (κ2) is 4.70. The topological polar surface area (TPSA) is 95.3 Å². The average Bonchev–Trinajstić information content (AvgIpc) is 2.34. The number of carboxylic acids is 1. The lowest BCUT2D eigenvalue weighted by Gasteiger charge is -2.08. The summed E-state index contributed by atoms with van der Waals surface area (Å²) in [6.07, 6.45) is 0. The van der Waals surface area contributed by atoms with Crippen molar-refractivity contribution in [2.75, 3.05) is 5.32 Å². The maximum Gasteiger partial charge on any atom is 0.335 e. The molecule has 6 nitrogen and oxygen atoms in total. The van der Waals surface area contributed by atoms with Crippen LogP contribution in [0.4, 0.5) is 11.5 Å². The molecule has 0 atom stereocenters. The molecule has 1 aromatic carbocycles. The molecule has 0 aliphatic carbocycles. The molecule has 2 rings (SSSR count). The molecule has 92 valence electrons. The minimum Gasteiger partial charge on any atom is -0.506 e. The third-order valence-corrected chi connectivity index (χ3v) is 2.30. The van der Waals surface area contributed by atoms with E-state index in [9.17, 15) is 9.90 Å². The summed E-state index contributed by atoms with van der Waals surface area (Å²) in [5.41, 5.74) is 1.12. The fourth-order valence-corrected chi connectivity index (χ4v) is 1.37. The molecule has 0 bridgehead atoms. The van der Waals surface area contributed by atoms with E-state index in [-0.39, 0.29) is 17.0 Å². The third-order valence-electron chi connectivity index (χ3n) is 2.30. The largest absolute Gasteiger partial charge is 0.506 e. The highest BCUT2D eigenvalue weighted by atomic mass is 16.4. The number of hydrogen-bond donors (Lipinski definition) is 3. The van der Waals surface area contributed by atoms with Gasteiger partial charge in [-0.3, -0.25) is 0 Å². The van der Waals surface area contributed by atoms with Gasteiger partial charge < -0.3 is 15.5 Å². The minimum absolute atomic E-state index is 0.0534. The van der Waals surface area contributed by atoms with Crippen LogP contribution in [0.25, 0.3) is 0 Å². The van der Waals surface area contributed by atoms with E-state index in [1.54, 1.807) is 19.1 Å². The molecular weight excluding hydrogens is 234 g/mol. The summed E-state index contributed by atoms with van der Waals surface area (Å²) in [6, 6.07) is 7.42. The van der Waals surface area contributed by atoms with Gasteiger partial charge in [0.2, 0.25) is 0 Å². The number of nitrogens with one attached hydrogen (secondary N) is 1. The van der Waals surface area contributed by atoms with E-state index in [4.69, 9.17) is 5.11 Å². The van der Waals surface area contributed by atoms with Gasteiger partial charge in [-0.25, -0.2) is 4.79 Å². The van der Waals surface area contributed by atoms with Crippen LogP contribution in [0.1, 0.15) is 16.1 Å². The van der Waals surface area contributed by atoms with Crippen LogP contribution in [-0.4, -0.2) is 26.4 Å². The standard InChI is InChI=1S/C12H11N3O3/c1-7-2-5-11(15-14-7)13-9-6-8(12(17)18)3-4-10(9)16/h2-6,16H,1H3,(H,13,15)(H,17,18). The molecule has 2 aromatic rings. The van der Waals surface area contributed by atoms with Gasteiger partial charge in [0.05, 0.1) is 16.9 Å². The lowest BCUT2D eigenvalue weighted by atomic mass is 10.2. The molecule has 1 aromatic heterocycles. The van der Waals surface area contributed by atoms with Crippen LogP contribution in [-0.2, 0) is 0 Å². The molecule has 0 saturated heterocycles. The first kappa shape index (κ1) is 11.8. The maximum absolute atomic E-state index is 10.8. The number of aromatic carboxylic acids is 1. The summed E-state index contributed by atoms with van der Waals surface area (Å²) < 4.78 is 0. The van der Waals surface area contributed by atoms with Gasteiger partial charge in [0, 0.05) is 0 Å². The zero-order valence-corrected chi connectivity index (χ0v) is 9.58. The number of carbonyl (C=O) groups is 1. The molecule has 3 N–H and O–H groups in total. The number of hydrogen-bond acceptors (Lipinski definition) is 5. The normalized spacial score (nSPS) is 10.1. The van der Waals surface area contributed by atoms with Crippen molar-refractivity contribution in [2.45, 2.75) is 6.92 Å². The van der Waals surface area contributed by atoms with Gasteiger partial charge in [-0.2, -0.15) is 5.10 Å². The number of carboxylic acid groups (broad SMARTS) is 1. The molecule has 0 aliphatic rings. The van der Waals surface area contributed by atoms with Crippen molar-refractivity contribution in [2.24, 2.45) is 0 Å². The van der Waals surface area contributed by atoms with E-state index in [1.807, 2.05) is 0 Å². The molecule has 6 heteroatoms. The lowest BCUT2D eigenvalue weighted by Crippen LogP contribution is -2.00. The molecule has 0 spiro atoms. The van der Waals surface area contributed by atoms with Gasteiger partial charge in [0.15, 0.2) is 5.82 Å². The monoisotopic (exact) mass is 245 g/mol. The second-order valence-corrected chi connectivity index (χ2v) is 3.72.